The second-order valence-corrected chi connectivity index (χ2v) is 18.5. The Morgan fingerprint density at radius 1 is 1.16 bits per heavy atom. The molecule has 0 aliphatic carbocycles. The Bertz CT molecular complexity index is 1400. The topological polar surface area (TPSA) is 111 Å². The van der Waals surface area contributed by atoms with E-state index in [-0.39, 0.29) is 30.9 Å². The average molecular weight is 649 g/mol. The number of carbonyl (C=O) groups excluding carboxylic acids is 1. The number of likely N-dealkylation sites (N-methyl/N-ethyl adjacent to an activating group) is 1. The minimum atomic E-state index is -4.87. The Hall–Kier alpha value is -3.48. The summed E-state index contributed by atoms with van der Waals surface area (Å²) >= 11 is 0. The average Bonchev–Trinajstić information content (AvgIpc) is 3.45. The molecule has 0 radical (unpaired) electrons. The second-order valence-electron chi connectivity index (χ2n) is 12.9. The smallest absolute Gasteiger partial charge is 0.365 e. The highest BCUT2D eigenvalue weighted by molar-refractivity contribution is 6.76. The third-order valence-corrected chi connectivity index (χ3v) is 10.0. The van der Waals surface area contributed by atoms with Gasteiger partial charge in [0, 0.05) is 86.2 Å². The lowest BCUT2D eigenvalue weighted by molar-refractivity contribution is -0.139. The summed E-state index contributed by atoms with van der Waals surface area (Å²) in [4.78, 5) is 37.9. The van der Waals surface area contributed by atoms with Crippen molar-refractivity contribution in [1.29, 1.82) is 5.26 Å². The van der Waals surface area contributed by atoms with Crippen molar-refractivity contribution in [1.82, 2.24) is 24.6 Å². The number of amides is 1. The summed E-state index contributed by atoms with van der Waals surface area (Å²) < 4.78 is 49.0. The molecule has 2 aliphatic rings. The molecule has 4 heterocycles. The highest BCUT2D eigenvalue weighted by Crippen LogP contribution is 2.36. The van der Waals surface area contributed by atoms with Gasteiger partial charge in [-0.2, -0.15) is 23.5 Å². The van der Waals surface area contributed by atoms with E-state index >= 15 is 0 Å². The SMILES string of the molecule is CN(C[C@@H]1CCCN1c1cnn(COCC[Si](C)(C)C)c(=O)c1C(F)(F)F)C(=O)CCN1CCN(c2ccc(C#N)cn2)CC1. The normalized spacial score (nSPS) is 17.9. The van der Waals surface area contributed by atoms with E-state index in [0.717, 1.165) is 48.9 Å². The van der Waals surface area contributed by atoms with Crippen LogP contribution in [0.15, 0.2) is 29.3 Å². The Kier molecular flexibility index (Phi) is 11.3. The zero-order chi connectivity index (χ0) is 32.8. The number of aromatic nitrogens is 3. The predicted octanol–water partition coefficient (Wildman–Crippen LogP) is 3.48. The van der Waals surface area contributed by atoms with Gasteiger partial charge in [-0.1, -0.05) is 19.6 Å². The Labute approximate surface area is 263 Å². The molecule has 1 atom stereocenters. The van der Waals surface area contributed by atoms with Gasteiger partial charge in [-0.15, -0.1) is 0 Å². The summed E-state index contributed by atoms with van der Waals surface area (Å²) in [5.74, 6) is 0.732. The predicted molar refractivity (Wildman–Crippen MR) is 168 cm³/mol. The minimum Gasteiger partial charge on any atom is -0.365 e. The number of alkyl halides is 3. The molecule has 4 rings (SSSR count). The van der Waals surface area contributed by atoms with E-state index in [1.807, 2.05) is 6.07 Å². The molecule has 0 N–H and O–H groups in total. The van der Waals surface area contributed by atoms with Crippen molar-refractivity contribution in [2.24, 2.45) is 0 Å². The van der Waals surface area contributed by atoms with Crippen LogP contribution >= 0.6 is 0 Å². The van der Waals surface area contributed by atoms with Gasteiger partial charge in [-0.25, -0.2) is 9.67 Å². The van der Waals surface area contributed by atoms with Gasteiger partial charge in [0.15, 0.2) is 0 Å². The molecule has 2 aromatic rings. The third-order valence-electron chi connectivity index (χ3n) is 8.33. The van der Waals surface area contributed by atoms with Crippen LogP contribution in [-0.4, -0.2) is 104 Å². The lowest BCUT2D eigenvalue weighted by atomic mass is 10.1. The number of rotatable bonds is 12. The molecule has 2 fully saturated rings. The molecule has 0 aromatic carbocycles. The Balaban J connectivity index is 1.32. The number of hydrogen-bond donors (Lipinski definition) is 0. The van der Waals surface area contributed by atoms with Gasteiger partial charge in [0.2, 0.25) is 5.91 Å². The van der Waals surface area contributed by atoms with Crippen LogP contribution in [0.3, 0.4) is 0 Å². The van der Waals surface area contributed by atoms with Gasteiger partial charge in [0.25, 0.3) is 5.56 Å². The molecule has 2 saturated heterocycles. The molecule has 11 nitrogen and oxygen atoms in total. The van der Waals surface area contributed by atoms with Gasteiger partial charge in [0.1, 0.15) is 24.2 Å². The van der Waals surface area contributed by atoms with E-state index in [1.54, 1.807) is 29.1 Å². The van der Waals surface area contributed by atoms with Crippen LogP contribution in [0.2, 0.25) is 25.7 Å². The van der Waals surface area contributed by atoms with Crippen LogP contribution in [0.25, 0.3) is 0 Å². The molecule has 45 heavy (non-hydrogen) atoms. The van der Waals surface area contributed by atoms with Gasteiger partial charge in [0.05, 0.1) is 17.4 Å². The second kappa shape index (κ2) is 14.7. The van der Waals surface area contributed by atoms with Crippen LogP contribution in [0.5, 0.6) is 0 Å². The first-order valence-electron chi connectivity index (χ1n) is 15.4. The van der Waals surface area contributed by atoms with Crippen molar-refractivity contribution in [3.05, 3.63) is 46.0 Å². The number of piperazine rings is 1. The number of nitrogens with zero attached hydrogens (tertiary/aromatic N) is 8. The standard InChI is InChI=1S/C30H43F3N8O3Si/c1-37(27(42)9-11-38-12-14-39(15-13-38)26-8-7-23(18-34)19-35-26)21-24-6-5-10-40(24)25-20-36-41(22-44-16-17-45(2,3)4)29(43)28(25)30(31,32)33/h7-8,19-20,24H,5-6,9-17,21-22H2,1-4H3/t24-/m0/s1. The lowest BCUT2D eigenvalue weighted by Crippen LogP contribution is -2.48. The van der Waals surface area contributed by atoms with Gasteiger partial charge in [-0.3, -0.25) is 14.5 Å². The highest BCUT2D eigenvalue weighted by Gasteiger charge is 2.41. The number of nitriles is 1. The summed E-state index contributed by atoms with van der Waals surface area (Å²) in [6.45, 7) is 10.7. The maximum atomic E-state index is 14.2. The van der Waals surface area contributed by atoms with E-state index in [9.17, 15) is 22.8 Å². The van der Waals surface area contributed by atoms with E-state index in [1.165, 1.54) is 0 Å². The molecule has 246 valence electrons. The fourth-order valence-corrected chi connectivity index (χ4v) is 6.39. The first-order chi connectivity index (χ1) is 21.3. The molecular weight excluding hydrogens is 605 g/mol. The molecular formula is C30H43F3N8O3Si. The maximum absolute atomic E-state index is 14.2. The van der Waals surface area contributed by atoms with Crippen molar-refractivity contribution in [2.75, 3.05) is 69.3 Å². The molecule has 0 saturated carbocycles. The Morgan fingerprint density at radius 2 is 1.89 bits per heavy atom. The monoisotopic (exact) mass is 648 g/mol. The zero-order valence-electron chi connectivity index (χ0n) is 26.5. The number of ether oxygens (including phenoxy) is 1. The van der Waals surface area contributed by atoms with Crippen molar-refractivity contribution in [3.8, 4) is 6.07 Å². The van der Waals surface area contributed by atoms with E-state index in [2.05, 4.69) is 45.6 Å². The summed E-state index contributed by atoms with van der Waals surface area (Å²) in [6, 6.07) is 6.10. The number of pyridine rings is 1. The molecule has 15 heteroatoms. The van der Waals surface area contributed by atoms with Gasteiger partial charge in [-0.05, 0) is 31.0 Å². The lowest BCUT2D eigenvalue weighted by Gasteiger charge is -2.35. The largest absolute Gasteiger partial charge is 0.423 e. The Morgan fingerprint density at radius 3 is 2.51 bits per heavy atom. The number of carbonyl (C=O) groups is 1. The molecule has 1 amide bonds. The number of hydrogen-bond acceptors (Lipinski definition) is 9. The van der Waals surface area contributed by atoms with E-state index in [0.29, 0.717) is 44.5 Å². The van der Waals surface area contributed by atoms with E-state index in [4.69, 9.17) is 10.00 Å². The number of anilines is 2. The van der Waals surface area contributed by atoms with Crippen LogP contribution in [0, 0.1) is 11.3 Å². The third kappa shape index (κ3) is 9.27. The molecule has 2 aliphatic heterocycles. The molecule has 2 aromatic heterocycles. The van der Waals surface area contributed by atoms with Gasteiger partial charge < -0.3 is 19.4 Å². The first kappa shape index (κ1) is 34.4. The van der Waals surface area contributed by atoms with Crippen LogP contribution in [0.4, 0.5) is 24.7 Å². The summed E-state index contributed by atoms with van der Waals surface area (Å²) in [5, 5.41) is 13.0. The number of halogens is 3. The maximum Gasteiger partial charge on any atom is 0.423 e. The minimum absolute atomic E-state index is 0.0851. The quantitative estimate of drug-likeness (QED) is 0.252. The summed E-state index contributed by atoms with van der Waals surface area (Å²) in [5.41, 5.74) is -2.21. The van der Waals surface area contributed by atoms with Gasteiger partial charge >= 0.3 is 6.18 Å². The van der Waals surface area contributed by atoms with Crippen LogP contribution in [-0.2, 0) is 22.4 Å². The molecule has 0 bridgehead atoms. The molecule has 0 unspecified atom stereocenters. The summed E-state index contributed by atoms with van der Waals surface area (Å²) in [6.07, 6.45) is -0.665. The van der Waals surface area contributed by atoms with E-state index < -0.39 is 25.4 Å². The first-order valence-corrected chi connectivity index (χ1v) is 19.1. The van der Waals surface area contributed by atoms with Crippen molar-refractivity contribution >= 4 is 25.5 Å². The van der Waals surface area contributed by atoms with Crippen LogP contribution in [0.1, 0.15) is 30.4 Å². The molecule has 0 spiro atoms. The van der Waals surface area contributed by atoms with Crippen LogP contribution < -0.4 is 15.4 Å². The fourth-order valence-electron chi connectivity index (χ4n) is 5.63. The van der Waals surface area contributed by atoms with Crippen molar-refractivity contribution in [3.63, 3.8) is 0 Å². The highest BCUT2D eigenvalue weighted by atomic mass is 28.3. The van der Waals surface area contributed by atoms with Crippen molar-refractivity contribution < 1.29 is 22.7 Å². The van der Waals surface area contributed by atoms with Crippen molar-refractivity contribution in [2.45, 2.75) is 63.9 Å². The fraction of sp³-hybridized carbons (Fsp3) is 0.633. The summed E-state index contributed by atoms with van der Waals surface area (Å²) in [7, 11) is 0.274. The zero-order valence-corrected chi connectivity index (χ0v) is 27.5.